The van der Waals surface area contributed by atoms with Crippen molar-refractivity contribution in [2.24, 2.45) is 0 Å². The lowest BCUT2D eigenvalue weighted by Gasteiger charge is -2.22. The molecule has 0 atom stereocenters. The number of urea groups is 1. The van der Waals surface area contributed by atoms with Crippen molar-refractivity contribution in [3.8, 4) is 5.75 Å². The maximum atomic E-state index is 13.4. The Bertz CT molecular complexity index is 1070. The number of nitrogens with zero attached hydrogens (tertiary/aromatic N) is 1. The van der Waals surface area contributed by atoms with Gasteiger partial charge in [0, 0.05) is 12.2 Å². The summed E-state index contributed by atoms with van der Waals surface area (Å²) in [6.45, 7) is 0.400. The van der Waals surface area contributed by atoms with Crippen molar-refractivity contribution in [2.75, 3.05) is 11.6 Å². The van der Waals surface area contributed by atoms with E-state index in [-0.39, 0.29) is 18.8 Å². The summed E-state index contributed by atoms with van der Waals surface area (Å²) in [4.78, 5) is 14.2. The highest BCUT2D eigenvalue weighted by atomic mass is 32.2. The second-order valence-corrected chi connectivity index (χ2v) is 7.88. The molecule has 1 heterocycles. The summed E-state index contributed by atoms with van der Waals surface area (Å²) in [5.41, 5.74) is 1.07. The zero-order valence-corrected chi connectivity index (χ0v) is 16.4. The smallest absolute Gasteiger partial charge is 0.322 e. The molecule has 0 aliphatic heterocycles. The van der Waals surface area contributed by atoms with Gasteiger partial charge in [0.15, 0.2) is 0 Å². The molecule has 152 valence electrons. The van der Waals surface area contributed by atoms with Gasteiger partial charge in [-0.25, -0.2) is 9.18 Å². The molecule has 1 N–H and O–H groups in total. The molecule has 9 heteroatoms. The lowest BCUT2D eigenvalue weighted by Crippen LogP contribution is -2.34. The van der Waals surface area contributed by atoms with Crippen molar-refractivity contribution in [3.63, 3.8) is 0 Å². The molecule has 0 spiro atoms. The van der Waals surface area contributed by atoms with Gasteiger partial charge in [-0.1, -0.05) is 18.2 Å². The van der Waals surface area contributed by atoms with Crippen LogP contribution < -0.4 is 9.50 Å². The number of rotatable bonds is 7. The number of benzene rings is 2. The Morgan fingerprint density at radius 2 is 1.86 bits per heavy atom. The van der Waals surface area contributed by atoms with E-state index in [1.807, 2.05) is 0 Å². The van der Waals surface area contributed by atoms with Crippen LogP contribution >= 0.6 is 0 Å². The molecule has 0 aliphatic rings. The van der Waals surface area contributed by atoms with Gasteiger partial charge in [-0.05, 0) is 48.0 Å². The number of halogens is 1. The molecule has 0 saturated heterocycles. The third kappa shape index (κ3) is 6.35. The van der Waals surface area contributed by atoms with E-state index in [2.05, 4.69) is 5.32 Å². The van der Waals surface area contributed by atoms with E-state index in [1.54, 1.807) is 30.3 Å². The highest BCUT2D eigenvalue weighted by Crippen LogP contribution is 2.18. The van der Waals surface area contributed by atoms with Crippen LogP contribution in [0.3, 0.4) is 0 Å². The molecule has 2 aromatic carbocycles. The average molecular weight is 418 g/mol. The van der Waals surface area contributed by atoms with Gasteiger partial charge >= 0.3 is 16.1 Å². The highest BCUT2D eigenvalue weighted by Gasteiger charge is 2.17. The summed E-state index contributed by atoms with van der Waals surface area (Å²) in [5.74, 6) is 0.302. The predicted molar refractivity (Wildman–Crippen MR) is 105 cm³/mol. The normalized spacial score (nSPS) is 11.1. The molecular formula is C20H19FN2O5S. The number of hydrogen-bond donors (Lipinski definition) is 1. The van der Waals surface area contributed by atoms with E-state index in [0.717, 1.165) is 11.8 Å². The summed E-state index contributed by atoms with van der Waals surface area (Å²) < 4.78 is 45.9. The zero-order valence-electron chi connectivity index (χ0n) is 15.5. The molecule has 2 amide bonds. The van der Waals surface area contributed by atoms with Gasteiger partial charge < -0.3 is 18.8 Å². The standard InChI is InChI=1S/C20H19FN2O5S/c1-29(25,26)28-18-9-7-15(8-10-18)13-23(14-19-6-3-11-27-19)20(24)22-17-5-2-4-16(21)12-17/h2-12H,13-14H2,1H3,(H,22,24). The molecule has 0 radical (unpaired) electrons. The van der Waals surface area contributed by atoms with Crippen molar-refractivity contribution < 1.29 is 26.2 Å². The lowest BCUT2D eigenvalue weighted by atomic mass is 10.2. The predicted octanol–water partition coefficient (Wildman–Crippen LogP) is 3.99. The van der Waals surface area contributed by atoms with E-state index in [0.29, 0.717) is 11.4 Å². The topological polar surface area (TPSA) is 88.9 Å². The van der Waals surface area contributed by atoms with Crippen molar-refractivity contribution in [1.82, 2.24) is 4.90 Å². The first kappa shape index (κ1) is 20.4. The summed E-state index contributed by atoms with van der Waals surface area (Å²) in [5, 5.41) is 2.66. The Morgan fingerprint density at radius 1 is 1.10 bits per heavy atom. The lowest BCUT2D eigenvalue weighted by molar-refractivity contribution is 0.201. The van der Waals surface area contributed by atoms with Gasteiger partial charge in [-0.15, -0.1) is 0 Å². The van der Waals surface area contributed by atoms with Crippen LogP contribution in [0.4, 0.5) is 14.9 Å². The SMILES string of the molecule is CS(=O)(=O)Oc1ccc(CN(Cc2ccco2)C(=O)Nc2cccc(F)c2)cc1. The minimum atomic E-state index is -3.62. The fourth-order valence-corrected chi connectivity index (χ4v) is 3.07. The van der Waals surface area contributed by atoms with E-state index < -0.39 is 22.0 Å². The molecule has 3 rings (SSSR count). The van der Waals surface area contributed by atoms with Gasteiger partial charge in [-0.3, -0.25) is 0 Å². The zero-order chi connectivity index (χ0) is 20.9. The van der Waals surface area contributed by atoms with Gasteiger partial charge in [0.25, 0.3) is 0 Å². The monoisotopic (exact) mass is 418 g/mol. The molecule has 0 saturated carbocycles. The van der Waals surface area contributed by atoms with Crippen LogP contribution in [-0.2, 0) is 23.2 Å². The van der Waals surface area contributed by atoms with Crippen molar-refractivity contribution in [1.29, 1.82) is 0 Å². The van der Waals surface area contributed by atoms with Crippen molar-refractivity contribution in [3.05, 3.63) is 84.1 Å². The number of hydrogen-bond acceptors (Lipinski definition) is 5. The first-order valence-electron chi connectivity index (χ1n) is 8.61. The molecule has 0 aliphatic carbocycles. The Kier molecular flexibility index (Phi) is 6.18. The number of nitrogens with one attached hydrogen (secondary N) is 1. The summed E-state index contributed by atoms with van der Waals surface area (Å²) in [7, 11) is -3.62. The Labute approximate surface area is 167 Å². The van der Waals surface area contributed by atoms with Crippen LogP contribution in [0, 0.1) is 5.82 Å². The maximum absolute atomic E-state index is 13.4. The van der Waals surface area contributed by atoms with E-state index >= 15 is 0 Å². The van der Waals surface area contributed by atoms with Crippen LogP contribution in [0.2, 0.25) is 0 Å². The molecule has 7 nitrogen and oxygen atoms in total. The first-order valence-corrected chi connectivity index (χ1v) is 10.4. The van der Waals surface area contributed by atoms with Crippen LogP contribution in [0.1, 0.15) is 11.3 Å². The average Bonchev–Trinajstić information content (AvgIpc) is 3.14. The molecule has 0 bridgehead atoms. The molecular weight excluding hydrogens is 399 g/mol. The maximum Gasteiger partial charge on any atom is 0.322 e. The molecule has 29 heavy (non-hydrogen) atoms. The summed E-state index contributed by atoms with van der Waals surface area (Å²) in [6, 6.07) is 14.9. The van der Waals surface area contributed by atoms with Crippen LogP contribution in [0.25, 0.3) is 0 Å². The van der Waals surface area contributed by atoms with Crippen molar-refractivity contribution >= 4 is 21.8 Å². The molecule has 1 aromatic heterocycles. The Balaban J connectivity index is 1.75. The van der Waals surface area contributed by atoms with Crippen LogP contribution in [-0.4, -0.2) is 25.6 Å². The molecule has 0 unspecified atom stereocenters. The second-order valence-electron chi connectivity index (χ2n) is 6.31. The Hall–Kier alpha value is -3.33. The van der Waals surface area contributed by atoms with Crippen LogP contribution in [0.5, 0.6) is 5.75 Å². The van der Waals surface area contributed by atoms with Gasteiger partial charge in [-0.2, -0.15) is 8.42 Å². The number of amides is 2. The Morgan fingerprint density at radius 3 is 2.48 bits per heavy atom. The molecule has 3 aromatic rings. The number of furan rings is 1. The van der Waals surface area contributed by atoms with Gasteiger partial charge in [0.05, 0.1) is 19.1 Å². The van der Waals surface area contributed by atoms with Gasteiger partial charge in [0.2, 0.25) is 0 Å². The van der Waals surface area contributed by atoms with Crippen LogP contribution in [0.15, 0.2) is 71.3 Å². The van der Waals surface area contributed by atoms with E-state index in [4.69, 9.17) is 8.60 Å². The third-order valence-electron chi connectivity index (χ3n) is 3.83. The second kappa shape index (κ2) is 8.78. The number of carbonyl (C=O) groups excluding carboxylic acids is 1. The van der Waals surface area contributed by atoms with E-state index in [1.165, 1.54) is 41.5 Å². The number of carbonyl (C=O) groups is 1. The fourth-order valence-electron chi connectivity index (χ4n) is 2.60. The minimum absolute atomic E-state index is 0.179. The number of anilines is 1. The first-order chi connectivity index (χ1) is 13.8. The minimum Gasteiger partial charge on any atom is -0.467 e. The molecule has 0 fully saturated rings. The van der Waals surface area contributed by atoms with E-state index in [9.17, 15) is 17.6 Å². The quantitative estimate of drug-likeness (QED) is 0.586. The highest BCUT2D eigenvalue weighted by molar-refractivity contribution is 7.86. The third-order valence-corrected chi connectivity index (χ3v) is 4.33. The summed E-state index contributed by atoms with van der Waals surface area (Å²) in [6.07, 6.45) is 2.47. The fraction of sp³-hybridized carbons (Fsp3) is 0.150. The largest absolute Gasteiger partial charge is 0.467 e. The van der Waals surface area contributed by atoms with Crippen molar-refractivity contribution in [2.45, 2.75) is 13.1 Å². The van der Waals surface area contributed by atoms with Gasteiger partial charge in [0.1, 0.15) is 17.3 Å². The summed E-state index contributed by atoms with van der Waals surface area (Å²) >= 11 is 0.